The number of rotatable bonds is 7. The number of sulfonamides is 1. The van der Waals surface area contributed by atoms with Crippen LogP contribution in [-0.2, 0) is 14.8 Å². The number of hydrogen-bond donors (Lipinski definition) is 3. The van der Waals surface area contributed by atoms with Crippen molar-refractivity contribution in [2.75, 3.05) is 5.32 Å². The molecule has 0 spiro atoms. The first kappa shape index (κ1) is 20.0. The third-order valence-electron chi connectivity index (χ3n) is 4.45. The van der Waals surface area contributed by atoms with Crippen molar-refractivity contribution in [1.29, 1.82) is 0 Å². The maximum Gasteiger partial charge on any atom is 0.251 e. The average molecular weight is 401 g/mol. The van der Waals surface area contributed by atoms with Crippen molar-refractivity contribution in [3.8, 4) is 0 Å². The summed E-state index contributed by atoms with van der Waals surface area (Å²) < 4.78 is 27.1. The Morgan fingerprint density at radius 3 is 2.39 bits per heavy atom. The van der Waals surface area contributed by atoms with Gasteiger partial charge in [-0.25, -0.2) is 8.42 Å². The molecule has 3 N–H and O–H groups in total. The Hall–Kier alpha value is -2.71. The van der Waals surface area contributed by atoms with Gasteiger partial charge in [0.15, 0.2) is 0 Å². The van der Waals surface area contributed by atoms with Gasteiger partial charge in [0.05, 0.1) is 10.9 Å². The van der Waals surface area contributed by atoms with Crippen molar-refractivity contribution >= 4 is 27.5 Å². The van der Waals surface area contributed by atoms with Gasteiger partial charge in [-0.15, -0.1) is 0 Å². The molecule has 1 aliphatic carbocycles. The zero-order valence-electron chi connectivity index (χ0n) is 15.7. The maximum absolute atomic E-state index is 12.5. The summed E-state index contributed by atoms with van der Waals surface area (Å²) in [5.74, 6) is -0.696. The number of anilines is 1. The van der Waals surface area contributed by atoms with Crippen LogP contribution in [0.4, 0.5) is 5.69 Å². The van der Waals surface area contributed by atoms with Crippen LogP contribution in [0.3, 0.4) is 0 Å². The van der Waals surface area contributed by atoms with Crippen molar-refractivity contribution in [2.45, 2.75) is 43.7 Å². The summed E-state index contributed by atoms with van der Waals surface area (Å²) in [6.07, 6.45) is 1.97. The van der Waals surface area contributed by atoms with Gasteiger partial charge in [-0.3, -0.25) is 9.59 Å². The van der Waals surface area contributed by atoms with E-state index in [2.05, 4.69) is 15.4 Å². The van der Waals surface area contributed by atoms with Gasteiger partial charge in [0.1, 0.15) is 0 Å². The molecular formula is C20H23N3O4S. The highest BCUT2D eigenvalue weighted by Crippen LogP contribution is 2.21. The molecule has 0 bridgehead atoms. The number of benzene rings is 2. The van der Waals surface area contributed by atoms with Gasteiger partial charge in [-0.2, -0.15) is 4.72 Å². The molecular weight excluding hydrogens is 378 g/mol. The minimum Gasteiger partial charge on any atom is -0.349 e. The van der Waals surface area contributed by atoms with E-state index >= 15 is 0 Å². The molecule has 0 radical (unpaired) electrons. The standard InChI is InChI=1S/C20H23N3O4S/c1-13-8-9-15(20(25)21-16-10-11-16)12-18(13)22-19(24)14(2)23-28(26,27)17-6-4-3-5-7-17/h3-9,12,14,16,23H,10-11H2,1-2H3,(H,21,25)(H,22,24)/t14-/m0/s1. The Morgan fingerprint density at radius 1 is 1.07 bits per heavy atom. The second-order valence-corrected chi connectivity index (χ2v) is 8.64. The lowest BCUT2D eigenvalue weighted by Gasteiger charge is -2.16. The zero-order valence-corrected chi connectivity index (χ0v) is 16.5. The van der Waals surface area contributed by atoms with Crippen molar-refractivity contribution in [3.05, 3.63) is 59.7 Å². The fourth-order valence-corrected chi connectivity index (χ4v) is 3.81. The Morgan fingerprint density at radius 2 is 1.75 bits per heavy atom. The molecule has 0 unspecified atom stereocenters. The van der Waals surface area contributed by atoms with Gasteiger partial charge >= 0.3 is 0 Å². The molecule has 2 aromatic carbocycles. The van der Waals surface area contributed by atoms with Crippen molar-refractivity contribution in [1.82, 2.24) is 10.0 Å². The largest absolute Gasteiger partial charge is 0.349 e. The summed E-state index contributed by atoms with van der Waals surface area (Å²) in [5.41, 5.74) is 1.69. The normalized spacial score (nSPS) is 14.9. The first-order valence-corrected chi connectivity index (χ1v) is 10.5. The molecule has 3 rings (SSSR count). The maximum atomic E-state index is 12.5. The van der Waals surface area contributed by atoms with Gasteiger partial charge in [0.2, 0.25) is 15.9 Å². The highest BCUT2D eigenvalue weighted by molar-refractivity contribution is 7.89. The number of carbonyl (C=O) groups excluding carboxylic acids is 2. The van der Waals surface area contributed by atoms with Crippen LogP contribution in [0, 0.1) is 6.92 Å². The van der Waals surface area contributed by atoms with Gasteiger partial charge < -0.3 is 10.6 Å². The molecule has 0 aromatic heterocycles. The van der Waals surface area contributed by atoms with Gasteiger partial charge in [0.25, 0.3) is 5.91 Å². The highest BCUT2D eigenvalue weighted by Gasteiger charge is 2.25. The monoisotopic (exact) mass is 401 g/mol. The number of aryl methyl sites for hydroxylation is 1. The fraction of sp³-hybridized carbons (Fsp3) is 0.300. The second-order valence-electron chi connectivity index (χ2n) is 6.92. The molecule has 1 aliphatic rings. The van der Waals surface area contributed by atoms with Crippen LogP contribution in [0.2, 0.25) is 0 Å². The Bertz CT molecular complexity index is 986. The van der Waals surface area contributed by atoms with Crippen LogP contribution in [0.15, 0.2) is 53.4 Å². The molecule has 0 heterocycles. The molecule has 28 heavy (non-hydrogen) atoms. The van der Waals surface area contributed by atoms with Crippen LogP contribution in [0.25, 0.3) is 0 Å². The molecule has 148 valence electrons. The molecule has 1 fully saturated rings. The Kier molecular flexibility index (Phi) is 5.81. The first-order valence-electron chi connectivity index (χ1n) is 9.06. The third kappa shape index (κ3) is 4.96. The van der Waals surface area contributed by atoms with E-state index in [0.29, 0.717) is 11.3 Å². The summed E-state index contributed by atoms with van der Waals surface area (Å²) in [4.78, 5) is 24.8. The Balaban J connectivity index is 1.68. The van der Waals surface area contributed by atoms with E-state index in [1.807, 2.05) is 0 Å². The molecule has 2 amide bonds. The van der Waals surface area contributed by atoms with Crippen molar-refractivity contribution < 1.29 is 18.0 Å². The molecule has 0 aliphatic heterocycles. The summed E-state index contributed by atoms with van der Waals surface area (Å²) >= 11 is 0. The number of amides is 2. The van der Waals surface area contributed by atoms with Crippen LogP contribution in [0.5, 0.6) is 0 Å². The van der Waals surface area contributed by atoms with Gasteiger partial charge in [-0.1, -0.05) is 24.3 Å². The number of carbonyl (C=O) groups is 2. The van der Waals surface area contributed by atoms with E-state index < -0.39 is 22.0 Å². The lowest BCUT2D eigenvalue weighted by Crippen LogP contribution is -2.41. The van der Waals surface area contributed by atoms with E-state index in [1.165, 1.54) is 19.1 Å². The third-order valence-corrected chi connectivity index (χ3v) is 6.01. The van der Waals surface area contributed by atoms with Gasteiger partial charge in [-0.05, 0) is 56.5 Å². The molecule has 0 saturated heterocycles. The molecule has 1 atom stereocenters. The van der Waals surface area contributed by atoms with Crippen molar-refractivity contribution in [3.63, 3.8) is 0 Å². The van der Waals surface area contributed by atoms with Crippen LogP contribution in [-0.4, -0.2) is 32.3 Å². The van der Waals surface area contributed by atoms with E-state index in [9.17, 15) is 18.0 Å². The summed E-state index contributed by atoms with van der Waals surface area (Å²) in [7, 11) is -3.81. The molecule has 2 aromatic rings. The quantitative estimate of drug-likeness (QED) is 0.661. The average Bonchev–Trinajstić information content (AvgIpc) is 3.47. The summed E-state index contributed by atoms with van der Waals surface area (Å²) in [6, 6.07) is 12.1. The smallest absolute Gasteiger partial charge is 0.251 e. The second kappa shape index (κ2) is 8.12. The molecule has 8 heteroatoms. The van der Waals surface area contributed by atoms with E-state index in [0.717, 1.165) is 18.4 Å². The number of nitrogens with one attached hydrogen (secondary N) is 3. The lowest BCUT2D eigenvalue weighted by atomic mass is 10.1. The highest BCUT2D eigenvalue weighted by atomic mass is 32.2. The predicted molar refractivity (Wildman–Crippen MR) is 107 cm³/mol. The number of hydrogen-bond acceptors (Lipinski definition) is 4. The minimum atomic E-state index is -3.81. The van der Waals surface area contributed by atoms with E-state index in [4.69, 9.17) is 0 Å². The van der Waals surface area contributed by atoms with E-state index in [1.54, 1.807) is 43.3 Å². The minimum absolute atomic E-state index is 0.0876. The van der Waals surface area contributed by atoms with Crippen LogP contribution < -0.4 is 15.4 Å². The lowest BCUT2D eigenvalue weighted by molar-refractivity contribution is -0.117. The van der Waals surface area contributed by atoms with E-state index in [-0.39, 0.29) is 16.8 Å². The first-order chi connectivity index (χ1) is 13.3. The Labute approximate surface area is 164 Å². The molecule has 7 nitrogen and oxygen atoms in total. The van der Waals surface area contributed by atoms with Crippen molar-refractivity contribution in [2.24, 2.45) is 0 Å². The summed E-state index contributed by atoms with van der Waals surface area (Å²) in [6.45, 7) is 3.27. The topological polar surface area (TPSA) is 104 Å². The van der Waals surface area contributed by atoms with Gasteiger partial charge in [0, 0.05) is 17.3 Å². The molecule has 1 saturated carbocycles. The fourth-order valence-electron chi connectivity index (χ4n) is 2.59. The summed E-state index contributed by atoms with van der Waals surface area (Å²) in [5, 5.41) is 5.60. The van der Waals surface area contributed by atoms with Crippen LogP contribution in [0.1, 0.15) is 35.7 Å². The predicted octanol–water partition coefficient (Wildman–Crippen LogP) is 2.19. The SMILES string of the molecule is Cc1ccc(C(=O)NC2CC2)cc1NC(=O)[C@H](C)NS(=O)(=O)c1ccccc1. The van der Waals surface area contributed by atoms with Crippen LogP contribution >= 0.6 is 0 Å². The zero-order chi connectivity index (χ0) is 20.3.